The molecule has 0 bridgehead atoms. The van der Waals surface area contributed by atoms with Gasteiger partial charge in [-0.05, 0) is 37.1 Å². The Bertz CT molecular complexity index is 433. The average molecular weight is 263 g/mol. The zero-order chi connectivity index (χ0) is 14.6. The molecule has 0 aromatic heterocycles. The average Bonchev–Trinajstić information content (AvgIpc) is 2.34. The first-order chi connectivity index (χ1) is 8.75. The lowest BCUT2D eigenvalue weighted by atomic mass is 9.85. The molecule has 0 N–H and O–H groups in total. The Balaban J connectivity index is 2.95. The largest absolute Gasteiger partial charge is 0.468 e. The molecule has 106 valence electrons. The van der Waals surface area contributed by atoms with Crippen molar-refractivity contribution < 1.29 is 9.53 Å². The molecule has 1 atom stereocenters. The molecule has 1 aromatic rings. The molecule has 0 aliphatic carbocycles. The predicted octanol–water partition coefficient (Wildman–Crippen LogP) is 2.63. The summed E-state index contributed by atoms with van der Waals surface area (Å²) in [6.45, 7) is 6.57. The topological polar surface area (TPSA) is 29.5 Å². The fourth-order valence-electron chi connectivity index (χ4n) is 2.00. The SMILES string of the molecule is COC(=O)C(Cc1cccc(C(C)(C)C)c1)N(C)C. The summed E-state index contributed by atoms with van der Waals surface area (Å²) in [5, 5.41) is 0. The maximum atomic E-state index is 11.8. The van der Waals surface area contributed by atoms with E-state index in [0.29, 0.717) is 6.42 Å². The first-order valence-electron chi connectivity index (χ1n) is 6.59. The monoisotopic (exact) mass is 263 g/mol. The highest BCUT2D eigenvalue weighted by Crippen LogP contribution is 2.23. The Morgan fingerprint density at radius 2 is 1.95 bits per heavy atom. The Morgan fingerprint density at radius 3 is 2.42 bits per heavy atom. The fourth-order valence-corrected chi connectivity index (χ4v) is 2.00. The normalized spacial score (nSPS) is 13.4. The van der Waals surface area contributed by atoms with Crippen molar-refractivity contribution in [2.24, 2.45) is 0 Å². The summed E-state index contributed by atoms with van der Waals surface area (Å²) in [4.78, 5) is 13.7. The maximum absolute atomic E-state index is 11.8. The third-order valence-corrected chi connectivity index (χ3v) is 3.32. The van der Waals surface area contributed by atoms with Crippen LogP contribution in [-0.2, 0) is 21.4 Å². The quantitative estimate of drug-likeness (QED) is 0.782. The second-order valence-electron chi connectivity index (χ2n) is 6.16. The van der Waals surface area contributed by atoms with E-state index in [1.807, 2.05) is 19.0 Å². The molecule has 0 aliphatic heterocycles. The van der Waals surface area contributed by atoms with E-state index < -0.39 is 0 Å². The van der Waals surface area contributed by atoms with Crippen LogP contribution < -0.4 is 0 Å². The van der Waals surface area contributed by atoms with E-state index in [0.717, 1.165) is 5.56 Å². The highest BCUT2D eigenvalue weighted by Gasteiger charge is 2.22. The van der Waals surface area contributed by atoms with Gasteiger partial charge in [0.2, 0.25) is 0 Å². The summed E-state index contributed by atoms with van der Waals surface area (Å²) in [6.07, 6.45) is 0.670. The number of likely N-dealkylation sites (N-methyl/N-ethyl adjacent to an activating group) is 1. The van der Waals surface area contributed by atoms with Gasteiger partial charge in [0.15, 0.2) is 0 Å². The summed E-state index contributed by atoms with van der Waals surface area (Å²) in [6, 6.07) is 8.19. The molecule has 0 saturated carbocycles. The van der Waals surface area contributed by atoms with Gasteiger partial charge in [-0.1, -0.05) is 45.0 Å². The third kappa shape index (κ3) is 4.35. The maximum Gasteiger partial charge on any atom is 0.323 e. The van der Waals surface area contributed by atoms with Crippen molar-refractivity contribution in [2.45, 2.75) is 38.6 Å². The van der Waals surface area contributed by atoms with Gasteiger partial charge in [0.1, 0.15) is 6.04 Å². The Hall–Kier alpha value is -1.35. The van der Waals surface area contributed by atoms with Crippen LogP contribution in [0.4, 0.5) is 0 Å². The number of benzene rings is 1. The molecule has 0 amide bonds. The van der Waals surface area contributed by atoms with Gasteiger partial charge in [-0.15, -0.1) is 0 Å². The number of rotatable bonds is 4. The number of nitrogens with zero attached hydrogens (tertiary/aromatic N) is 1. The lowest BCUT2D eigenvalue weighted by Gasteiger charge is -2.23. The first kappa shape index (κ1) is 15.7. The summed E-state index contributed by atoms with van der Waals surface area (Å²) in [7, 11) is 5.23. The van der Waals surface area contributed by atoms with Gasteiger partial charge in [-0.2, -0.15) is 0 Å². The van der Waals surface area contributed by atoms with Crippen molar-refractivity contribution >= 4 is 5.97 Å². The van der Waals surface area contributed by atoms with E-state index in [9.17, 15) is 4.79 Å². The van der Waals surface area contributed by atoms with Gasteiger partial charge >= 0.3 is 5.97 Å². The summed E-state index contributed by atoms with van der Waals surface area (Å²) < 4.78 is 4.86. The number of esters is 1. The van der Waals surface area contributed by atoms with Gasteiger partial charge < -0.3 is 4.74 Å². The van der Waals surface area contributed by atoms with E-state index in [1.54, 1.807) is 0 Å². The molecule has 3 heteroatoms. The Kier molecular flexibility index (Phi) is 5.12. The lowest BCUT2D eigenvalue weighted by Crippen LogP contribution is -2.38. The van der Waals surface area contributed by atoms with Crippen LogP contribution in [0.1, 0.15) is 31.9 Å². The molecule has 0 aliphatic rings. The van der Waals surface area contributed by atoms with E-state index >= 15 is 0 Å². The summed E-state index contributed by atoms with van der Waals surface area (Å²) in [5.41, 5.74) is 2.57. The third-order valence-electron chi connectivity index (χ3n) is 3.32. The zero-order valence-corrected chi connectivity index (χ0v) is 12.9. The number of methoxy groups -OCH3 is 1. The fraction of sp³-hybridized carbons (Fsp3) is 0.562. The molecule has 1 unspecified atom stereocenters. The van der Waals surface area contributed by atoms with Gasteiger partial charge in [0.25, 0.3) is 0 Å². The van der Waals surface area contributed by atoms with Gasteiger partial charge in [-0.3, -0.25) is 9.69 Å². The molecule has 19 heavy (non-hydrogen) atoms. The van der Waals surface area contributed by atoms with E-state index in [-0.39, 0.29) is 17.4 Å². The molecule has 0 heterocycles. The van der Waals surface area contributed by atoms with Crippen LogP contribution in [0.3, 0.4) is 0 Å². The number of hydrogen-bond donors (Lipinski definition) is 0. The molecule has 0 saturated heterocycles. The molecule has 0 radical (unpaired) electrons. The molecule has 0 fully saturated rings. The van der Waals surface area contributed by atoms with E-state index in [2.05, 4.69) is 45.0 Å². The van der Waals surface area contributed by atoms with Crippen LogP contribution in [0.5, 0.6) is 0 Å². The zero-order valence-electron chi connectivity index (χ0n) is 12.9. The predicted molar refractivity (Wildman–Crippen MR) is 78.3 cm³/mol. The first-order valence-corrected chi connectivity index (χ1v) is 6.59. The van der Waals surface area contributed by atoms with Crippen LogP contribution in [0, 0.1) is 0 Å². The molecular formula is C16H25NO2. The second-order valence-corrected chi connectivity index (χ2v) is 6.16. The van der Waals surface area contributed by atoms with Crippen LogP contribution in [0.25, 0.3) is 0 Å². The molecule has 3 nitrogen and oxygen atoms in total. The number of carbonyl (C=O) groups is 1. The minimum Gasteiger partial charge on any atom is -0.468 e. The standard InChI is InChI=1S/C16H25NO2/c1-16(2,3)13-9-7-8-12(10-13)11-14(17(4)5)15(18)19-6/h7-10,14H,11H2,1-6H3. The van der Waals surface area contributed by atoms with Crippen molar-refractivity contribution in [3.63, 3.8) is 0 Å². The minimum atomic E-state index is -0.236. The van der Waals surface area contributed by atoms with Crippen LogP contribution >= 0.6 is 0 Å². The van der Waals surface area contributed by atoms with Crippen molar-refractivity contribution in [2.75, 3.05) is 21.2 Å². The highest BCUT2D eigenvalue weighted by molar-refractivity contribution is 5.76. The Morgan fingerprint density at radius 1 is 1.32 bits per heavy atom. The number of ether oxygens (including phenoxy) is 1. The van der Waals surface area contributed by atoms with Gasteiger partial charge in [0, 0.05) is 0 Å². The van der Waals surface area contributed by atoms with Crippen molar-refractivity contribution in [3.8, 4) is 0 Å². The van der Waals surface area contributed by atoms with Crippen LogP contribution in [0.15, 0.2) is 24.3 Å². The Labute approximate surface area is 116 Å². The second kappa shape index (κ2) is 6.20. The number of carbonyl (C=O) groups excluding carboxylic acids is 1. The summed E-state index contributed by atoms with van der Waals surface area (Å²) in [5.74, 6) is -0.189. The summed E-state index contributed by atoms with van der Waals surface area (Å²) >= 11 is 0. The lowest BCUT2D eigenvalue weighted by molar-refractivity contribution is -0.145. The molecular weight excluding hydrogens is 238 g/mol. The van der Waals surface area contributed by atoms with Crippen LogP contribution in [-0.4, -0.2) is 38.1 Å². The molecule has 1 aromatic carbocycles. The molecule has 0 spiro atoms. The highest BCUT2D eigenvalue weighted by atomic mass is 16.5. The van der Waals surface area contributed by atoms with Crippen molar-refractivity contribution in [3.05, 3.63) is 35.4 Å². The van der Waals surface area contributed by atoms with Crippen LogP contribution in [0.2, 0.25) is 0 Å². The van der Waals surface area contributed by atoms with Crippen molar-refractivity contribution in [1.29, 1.82) is 0 Å². The minimum absolute atomic E-state index is 0.120. The smallest absolute Gasteiger partial charge is 0.323 e. The number of hydrogen-bond acceptors (Lipinski definition) is 3. The van der Waals surface area contributed by atoms with Crippen molar-refractivity contribution in [1.82, 2.24) is 4.90 Å². The molecule has 1 rings (SSSR count). The van der Waals surface area contributed by atoms with Gasteiger partial charge in [0.05, 0.1) is 7.11 Å². The van der Waals surface area contributed by atoms with Gasteiger partial charge in [-0.25, -0.2) is 0 Å². The van der Waals surface area contributed by atoms with E-state index in [1.165, 1.54) is 12.7 Å². The van der Waals surface area contributed by atoms with E-state index in [4.69, 9.17) is 4.74 Å².